The summed E-state index contributed by atoms with van der Waals surface area (Å²) in [6.07, 6.45) is -2.65. The maximum Gasteiger partial charge on any atom is 0.469 e. The molecule has 3 rings (SSSR count). The van der Waals surface area contributed by atoms with Gasteiger partial charge in [-0.15, -0.1) is 0 Å². The van der Waals surface area contributed by atoms with Gasteiger partial charge in [0, 0.05) is 4.91 Å². The number of aromatic nitrogens is 4. The number of fused-ring (bicyclic) bond motifs is 1. The van der Waals surface area contributed by atoms with Gasteiger partial charge in [-0.1, -0.05) is 5.11 Å². The highest BCUT2D eigenvalue weighted by atomic mass is 31.2. The number of phosphoric acid groups is 1. The van der Waals surface area contributed by atoms with Crippen molar-refractivity contribution in [1.29, 1.82) is 0 Å². The molecule has 26 heavy (non-hydrogen) atoms. The summed E-state index contributed by atoms with van der Waals surface area (Å²) in [7, 11) is -4.81. The fourth-order valence-electron chi connectivity index (χ4n) is 2.60. The molecule has 2 aromatic heterocycles. The number of rotatable bonds is 5. The minimum absolute atomic E-state index is 0.00606. The number of H-pyrrole nitrogens is 1. The zero-order valence-electron chi connectivity index (χ0n) is 12.8. The second-order valence-corrected chi connectivity index (χ2v) is 6.55. The SMILES string of the molecule is [N-]=[N+]=NC1C(O)[C@H](n2cnc3c(=O)[nH]c(N)nc32)O[C@@H]1COP(=O)(O)O. The van der Waals surface area contributed by atoms with Crippen LogP contribution in [0.5, 0.6) is 0 Å². The van der Waals surface area contributed by atoms with Crippen molar-refractivity contribution >= 4 is 24.9 Å². The zero-order valence-corrected chi connectivity index (χ0v) is 13.7. The van der Waals surface area contributed by atoms with Gasteiger partial charge < -0.3 is 25.4 Å². The van der Waals surface area contributed by atoms with Gasteiger partial charge in [0.05, 0.1) is 25.1 Å². The largest absolute Gasteiger partial charge is 0.469 e. The Morgan fingerprint density at radius 1 is 1.58 bits per heavy atom. The van der Waals surface area contributed by atoms with Gasteiger partial charge in [-0.05, 0) is 5.53 Å². The van der Waals surface area contributed by atoms with Crippen LogP contribution in [0, 0.1) is 0 Å². The van der Waals surface area contributed by atoms with E-state index in [-0.39, 0.29) is 17.1 Å². The number of nitrogens with one attached hydrogen (secondary N) is 1. The smallest absolute Gasteiger partial charge is 0.388 e. The van der Waals surface area contributed by atoms with Crippen LogP contribution in [0.25, 0.3) is 21.6 Å². The van der Waals surface area contributed by atoms with Crippen LogP contribution in [-0.2, 0) is 13.8 Å². The van der Waals surface area contributed by atoms with E-state index in [1.54, 1.807) is 0 Å². The second-order valence-electron chi connectivity index (χ2n) is 5.31. The van der Waals surface area contributed by atoms with Gasteiger partial charge >= 0.3 is 7.82 Å². The lowest BCUT2D eigenvalue weighted by Gasteiger charge is -2.16. The first kappa shape index (κ1) is 18.3. The first-order valence-corrected chi connectivity index (χ1v) is 8.54. The molecule has 3 heterocycles. The van der Waals surface area contributed by atoms with Crippen LogP contribution in [0.4, 0.5) is 5.95 Å². The summed E-state index contributed by atoms with van der Waals surface area (Å²) in [5.74, 6) is -0.190. The van der Waals surface area contributed by atoms with Gasteiger partial charge in [-0.2, -0.15) is 4.98 Å². The van der Waals surface area contributed by atoms with Crippen molar-refractivity contribution in [3.63, 3.8) is 0 Å². The van der Waals surface area contributed by atoms with Crippen molar-refractivity contribution in [2.24, 2.45) is 5.11 Å². The maximum atomic E-state index is 11.8. The standard InChI is InChI=1S/C10H13N8O7P/c11-10-14-7-5(8(20)15-10)13-2-18(7)9-6(19)4(16-17-12)3(25-9)1-24-26(21,22)23/h2-4,6,9,19H,1H2,(H2,21,22,23)(H3,11,14,15,20)/t3-,4?,6?,9-/m1/s1. The minimum atomic E-state index is -4.81. The molecule has 0 spiro atoms. The number of aliphatic hydroxyl groups is 1. The molecule has 15 nitrogen and oxygen atoms in total. The lowest BCUT2D eigenvalue weighted by atomic mass is 10.1. The van der Waals surface area contributed by atoms with E-state index in [0.29, 0.717) is 0 Å². The van der Waals surface area contributed by atoms with E-state index in [9.17, 15) is 14.5 Å². The third-order valence-corrected chi connectivity index (χ3v) is 4.14. The molecule has 2 unspecified atom stereocenters. The van der Waals surface area contributed by atoms with Crippen LogP contribution in [0.15, 0.2) is 16.2 Å². The summed E-state index contributed by atoms with van der Waals surface area (Å²) in [6, 6.07) is -1.21. The molecule has 1 saturated heterocycles. The monoisotopic (exact) mass is 388 g/mol. The van der Waals surface area contributed by atoms with Crippen LogP contribution in [0.3, 0.4) is 0 Å². The normalized spacial score (nSPS) is 26.1. The van der Waals surface area contributed by atoms with Crippen LogP contribution in [0.1, 0.15) is 6.23 Å². The quantitative estimate of drug-likeness (QED) is 0.176. The van der Waals surface area contributed by atoms with E-state index in [1.165, 1.54) is 10.9 Å². The summed E-state index contributed by atoms with van der Waals surface area (Å²) in [5, 5.41) is 13.8. The van der Waals surface area contributed by atoms with E-state index in [4.69, 9.17) is 25.8 Å². The number of nitrogen functional groups attached to an aromatic ring is 1. The number of anilines is 1. The summed E-state index contributed by atoms with van der Waals surface area (Å²) in [5.41, 5.74) is 13.5. The molecule has 2 aromatic rings. The topological polar surface area (TPSA) is 235 Å². The highest BCUT2D eigenvalue weighted by molar-refractivity contribution is 7.46. The number of aliphatic hydroxyl groups excluding tert-OH is 1. The molecule has 6 N–H and O–H groups in total. The van der Waals surface area contributed by atoms with Crippen LogP contribution in [-0.4, -0.2) is 59.3 Å². The molecular formula is C10H13N8O7P. The third-order valence-electron chi connectivity index (χ3n) is 3.65. The van der Waals surface area contributed by atoms with Gasteiger partial charge in [0.15, 0.2) is 17.4 Å². The lowest BCUT2D eigenvalue weighted by molar-refractivity contribution is -0.0483. The predicted octanol–water partition coefficient (Wildman–Crippen LogP) is -1.25. The van der Waals surface area contributed by atoms with E-state index >= 15 is 0 Å². The average molecular weight is 388 g/mol. The van der Waals surface area contributed by atoms with E-state index < -0.39 is 44.5 Å². The molecule has 1 aliphatic heterocycles. The Bertz CT molecular complexity index is 977. The number of aromatic amines is 1. The molecule has 0 bridgehead atoms. The third kappa shape index (κ3) is 3.40. The van der Waals surface area contributed by atoms with Crippen molar-refractivity contribution < 1.29 is 28.7 Å². The Balaban J connectivity index is 1.97. The van der Waals surface area contributed by atoms with E-state index in [2.05, 4.69) is 29.5 Å². The van der Waals surface area contributed by atoms with Crippen LogP contribution in [0.2, 0.25) is 0 Å². The van der Waals surface area contributed by atoms with Gasteiger partial charge in [-0.25, -0.2) is 9.55 Å². The Morgan fingerprint density at radius 3 is 2.96 bits per heavy atom. The van der Waals surface area contributed by atoms with Gasteiger partial charge in [-0.3, -0.25) is 18.9 Å². The molecule has 1 fully saturated rings. The molecule has 0 aliphatic carbocycles. The molecule has 4 atom stereocenters. The van der Waals surface area contributed by atoms with Gasteiger partial charge in [0.2, 0.25) is 5.95 Å². The average Bonchev–Trinajstić information content (AvgIpc) is 3.08. The fraction of sp³-hybridized carbons (Fsp3) is 0.500. The molecule has 0 amide bonds. The maximum absolute atomic E-state index is 11.8. The van der Waals surface area contributed by atoms with Crippen LogP contribution >= 0.6 is 7.82 Å². The number of nitrogens with zero attached hydrogens (tertiary/aromatic N) is 6. The Labute approximate surface area is 143 Å². The summed E-state index contributed by atoms with van der Waals surface area (Å²) >= 11 is 0. The number of ether oxygens (including phenoxy) is 1. The lowest BCUT2D eigenvalue weighted by Crippen LogP contribution is -2.32. The summed E-state index contributed by atoms with van der Waals surface area (Å²) in [4.78, 5) is 42.1. The number of hydrogen-bond acceptors (Lipinski definition) is 9. The van der Waals surface area contributed by atoms with Crippen molar-refractivity contribution in [3.8, 4) is 0 Å². The second kappa shape index (κ2) is 6.66. The minimum Gasteiger partial charge on any atom is -0.388 e. The fourth-order valence-corrected chi connectivity index (χ4v) is 2.94. The molecule has 1 aliphatic rings. The van der Waals surface area contributed by atoms with Crippen LogP contribution < -0.4 is 11.3 Å². The first-order chi connectivity index (χ1) is 12.2. The van der Waals surface area contributed by atoms with Gasteiger partial charge in [0.1, 0.15) is 6.10 Å². The molecular weight excluding hydrogens is 375 g/mol. The van der Waals surface area contributed by atoms with E-state index in [0.717, 1.165) is 0 Å². The van der Waals surface area contributed by atoms with Crippen molar-refractivity contribution in [2.75, 3.05) is 12.3 Å². The molecule has 140 valence electrons. The molecule has 0 aromatic carbocycles. The molecule has 0 radical (unpaired) electrons. The number of hydrogen-bond donors (Lipinski definition) is 5. The number of phosphoric ester groups is 1. The van der Waals surface area contributed by atoms with Crippen molar-refractivity contribution in [2.45, 2.75) is 24.5 Å². The van der Waals surface area contributed by atoms with Gasteiger partial charge in [0.25, 0.3) is 5.56 Å². The number of azide groups is 1. The predicted molar refractivity (Wildman–Crippen MR) is 83.4 cm³/mol. The summed E-state index contributed by atoms with van der Waals surface area (Å²) < 4.78 is 21.9. The Kier molecular flexibility index (Phi) is 4.68. The Hall–Kier alpha value is -2.51. The first-order valence-electron chi connectivity index (χ1n) is 7.01. The van der Waals surface area contributed by atoms with Crippen molar-refractivity contribution in [1.82, 2.24) is 19.5 Å². The molecule has 16 heteroatoms. The summed E-state index contributed by atoms with van der Waals surface area (Å²) in [6.45, 7) is -0.649. The molecule has 0 saturated carbocycles. The highest BCUT2D eigenvalue weighted by Crippen LogP contribution is 2.39. The van der Waals surface area contributed by atoms with Crippen molar-refractivity contribution in [3.05, 3.63) is 27.1 Å². The zero-order chi connectivity index (χ0) is 19.1. The Morgan fingerprint density at radius 2 is 2.31 bits per heavy atom. The number of nitrogens with two attached hydrogens (primary N) is 1. The van der Waals surface area contributed by atoms with E-state index in [1.807, 2.05) is 0 Å². The number of imidazole rings is 1. The highest BCUT2D eigenvalue weighted by Gasteiger charge is 2.45.